The summed E-state index contributed by atoms with van der Waals surface area (Å²) in [6, 6.07) is 7.56. The second kappa shape index (κ2) is 6.06. The van der Waals surface area contributed by atoms with Crippen LogP contribution in [0.4, 0.5) is 10.1 Å². The van der Waals surface area contributed by atoms with Crippen molar-refractivity contribution < 1.29 is 22.7 Å². The molecule has 2 heterocycles. The minimum Gasteiger partial charge on any atom is -0.481 e. The maximum Gasteiger partial charge on any atom is 0.308 e. The average Bonchev–Trinajstić information content (AvgIpc) is 3.28. The SMILES string of the molecule is O=C(O)Cc1ccc(S(=O)(=O)N2CC3(CCCC3)c3c(F)cccc32)s1. The molecule has 1 fully saturated rings. The van der Waals surface area contributed by atoms with Crippen LogP contribution in [0, 0.1) is 5.82 Å². The first-order valence-corrected chi connectivity index (χ1v) is 10.7. The molecular weight excluding hydrogens is 377 g/mol. The van der Waals surface area contributed by atoms with Crippen LogP contribution >= 0.6 is 11.3 Å². The monoisotopic (exact) mass is 395 g/mol. The van der Waals surface area contributed by atoms with Gasteiger partial charge in [-0.05, 0) is 37.1 Å². The molecule has 1 spiro atoms. The molecule has 0 amide bonds. The third-order valence-electron chi connectivity index (χ3n) is 5.30. The van der Waals surface area contributed by atoms with E-state index < -0.39 is 21.4 Å². The first kappa shape index (κ1) is 17.5. The van der Waals surface area contributed by atoms with E-state index in [1.165, 1.54) is 28.6 Å². The number of benzene rings is 1. The number of thiophene rings is 1. The van der Waals surface area contributed by atoms with Gasteiger partial charge in [0.1, 0.15) is 10.0 Å². The smallest absolute Gasteiger partial charge is 0.308 e. The van der Waals surface area contributed by atoms with Gasteiger partial charge in [0.15, 0.2) is 0 Å². The van der Waals surface area contributed by atoms with Gasteiger partial charge in [-0.1, -0.05) is 18.9 Å². The fraction of sp³-hybridized carbons (Fsp3) is 0.389. The Labute approximate surface area is 155 Å². The lowest BCUT2D eigenvalue weighted by Crippen LogP contribution is -2.35. The Morgan fingerprint density at radius 3 is 2.65 bits per heavy atom. The molecule has 1 aromatic heterocycles. The lowest BCUT2D eigenvalue weighted by atomic mass is 9.80. The standard InChI is InChI=1S/C18H18FNO4S2/c19-13-4-3-5-14-17(13)18(8-1-2-9-18)11-20(14)26(23,24)16-7-6-12(25-16)10-15(21)22/h3-7H,1-2,8-11H2,(H,21,22). The number of fused-ring (bicyclic) bond motifs is 2. The summed E-state index contributed by atoms with van der Waals surface area (Å²) in [4.78, 5) is 11.3. The zero-order valence-corrected chi connectivity index (χ0v) is 15.6. The number of carboxylic acid groups (broad SMARTS) is 1. The van der Waals surface area contributed by atoms with E-state index in [1.807, 2.05) is 0 Å². The van der Waals surface area contributed by atoms with Gasteiger partial charge in [-0.3, -0.25) is 9.10 Å². The second-order valence-corrected chi connectivity index (χ2v) is 10.2. The lowest BCUT2D eigenvalue weighted by molar-refractivity contribution is -0.136. The summed E-state index contributed by atoms with van der Waals surface area (Å²) in [5, 5.41) is 8.90. The van der Waals surface area contributed by atoms with Crippen LogP contribution in [-0.4, -0.2) is 26.0 Å². The molecule has 0 unspecified atom stereocenters. The molecule has 0 saturated heterocycles. The summed E-state index contributed by atoms with van der Waals surface area (Å²) in [5.74, 6) is -1.35. The van der Waals surface area contributed by atoms with Crippen molar-refractivity contribution in [2.75, 3.05) is 10.8 Å². The van der Waals surface area contributed by atoms with Crippen LogP contribution in [-0.2, 0) is 26.7 Å². The Hall–Kier alpha value is -1.93. The fourth-order valence-electron chi connectivity index (χ4n) is 4.21. The first-order chi connectivity index (χ1) is 12.3. The van der Waals surface area contributed by atoms with Crippen molar-refractivity contribution >= 4 is 33.0 Å². The van der Waals surface area contributed by atoms with Crippen molar-refractivity contribution in [1.29, 1.82) is 0 Å². The molecule has 4 rings (SSSR count). The maximum atomic E-state index is 14.6. The number of carboxylic acids is 1. The van der Waals surface area contributed by atoms with Crippen LogP contribution in [0.1, 0.15) is 36.1 Å². The molecule has 2 aromatic rings. The number of nitrogens with zero attached hydrogens (tertiary/aromatic N) is 1. The normalized spacial score (nSPS) is 18.4. The van der Waals surface area contributed by atoms with Crippen LogP contribution in [0.25, 0.3) is 0 Å². The number of rotatable bonds is 4. The Balaban J connectivity index is 1.77. The summed E-state index contributed by atoms with van der Waals surface area (Å²) in [6.45, 7) is 0.248. The number of halogens is 1. The third-order valence-corrected chi connectivity index (χ3v) is 8.62. The van der Waals surface area contributed by atoms with Crippen molar-refractivity contribution in [2.45, 2.75) is 41.7 Å². The van der Waals surface area contributed by atoms with Gasteiger partial charge in [0, 0.05) is 22.4 Å². The fourth-order valence-corrected chi connectivity index (χ4v) is 7.23. The maximum absolute atomic E-state index is 14.6. The van der Waals surface area contributed by atoms with E-state index >= 15 is 0 Å². The van der Waals surface area contributed by atoms with Crippen LogP contribution in [0.5, 0.6) is 0 Å². The highest BCUT2D eigenvalue weighted by Gasteiger charge is 2.50. The second-order valence-electron chi connectivity index (χ2n) is 6.92. The quantitative estimate of drug-likeness (QED) is 0.859. The van der Waals surface area contributed by atoms with Crippen molar-refractivity contribution in [3.05, 3.63) is 46.6 Å². The molecule has 5 nitrogen and oxygen atoms in total. The summed E-state index contributed by atoms with van der Waals surface area (Å²) in [7, 11) is -3.86. The minimum atomic E-state index is -3.86. The number of hydrogen-bond donors (Lipinski definition) is 1. The predicted octanol–water partition coefficient (Wildman–Crippen LogP) is 3.54. The Bertz CT molecular complexity index is 977. The molecule has 8 heteroatoms. The van der Waals surface area contributed by atoms with E-state index in [9.17, 15) is 17.6 Å². The molecule has 0 atom stereocenters. The van der Waals surface area contributed by atoms with E-state index in [0.717, 1.165) is 37.0 Å². The van der Waals surface area contributed by atoms with Gasteiger partial charge in [0.2, 0.25) is 0 Å². The summed E-state index contributed by atoms with van der Waals surface area (Å²) >= 11 is 0.961. The molecule has 0 bridgehead atoms. The van der Waals surface area contributed by atoms with Crippen molar-refractivity contribution in [1.82, 2.24) is 0 Å². The summed E-state index contributed by atoms with van der Waals surface area (Å²) < 4.78 is 42.5. The lowest BCUT2D eigenvalue weighted by Gasteiger charge is -2.25. The molecule has 1 aliphatic heterocycles. The highest BCUT2D eigenvalue weighted by molar-refractivity contribution is 7.94. The highest BCUT2D eigenvalue weighted by atomic mass is 32.2. The molecule has 1 aromatic carbocycles. The summed E-state index contributed by atoms with van der Waals surface area (Å²) in [5.41, 5.74) is 0.484. The number of aliphatic carboxylic acids is 1. The zero-order valence-electron chi connectivity index (χ0n) is 13.9. The van der Waals surface area contributed by atoms with Crippen LogP contribution in [0.3, 0.4) is 0 Å². The number of carbonyl (C=O) groups is 1. The zero-order chi connectivity index (χ0) is 18.5. The van der Waals surface area contributed by atoms with E-state index in [2.05, 4.69) is 0 Å². The van der Waals surface area contributed by atoms with Crippen molar-refractivity contribution in [2.24, 2.45) is 0 Å². The molecule has 2 aliphatic rings. The molecule has 1 aliphatic carbocycles. The van der Waals surface area contributed by atoms with E-state index in [1.54, 1.807) is 6.07 Å². The van der Waals surface area contributed by atoms with Crippen LogP contribution in [0.15, 0.2) is 34.5 Å². The van der Waals surface area contributed by atoms with Gasteiger partial charge in [0.25, 0.3) is 10.0 Å². The van der Waals surface area contributed by atoms with Crippen molar-refractivity contribution in [3.8, 4) is 0 Å². The molecule has 1 N–H and O–H groups in total. The highest BCUT2D eigenvalue weighted by Crippen LogP contribution is 2.52. The first-order valence-electron chi connectivity index (χ1n) is 8.46. The Kier molecular flexibility index (Phi) is 4.07. The number of sulfonamides is 1. The largest absolute Gasteiger partial charge is 0.481 e. The van der Waals surface area contributed by atoms with Crippen LogP contribution in [0.2, 0.25) is 0 Å². The Morgan fingerprint density at radius 2 is 1.96 bits per heavy atom. The van der Waals surface area contributed by atoms with E-state index in [4.69, 9.17) is 5.11 Å². The average molecular weight is 395 g/mol. The number of hydrogen-bond acceptors (Lipinski definition) is 4. The molecule has 26 heavy (non-hydrogen) atoms. The van der Waals surface area contributed by atoms with Crippen LogP contribution < -0.4 is 4.31 Å². The van der Waals surface area contributed by atoms with E-state index in [0.29, 0.717) is 16.1 Å². The van der Waals surface area contributed by atoms with Crippen molar-refractivity contribution in [3.63, 3.8) is 0 Å². The summed E-state index contributed by atoms with van der Waals surface area (Å²) in [6.07, 6.45) is 3.27. The molecule has 138 valence electrons. The van der Waals surface area contributed by atoms with Gasteiger partial charge >= 0.3 is 5.97 Å². The Morgan fingerprint density at radius 1 is 1.23 bits per heavy atom. The van der Waals surface area contributed by atoms with Gasteiger partial charge in [-0.25, -0.2) is 12.8 Å². The topological polar surface area (TPSA) is 74.7 Å². The van der Waals surface area contributed by atoms with Gasteiger partial charge < -0.3 is 5.11 Å². The third kappa shape index (κ3) is 2.63. The molecule has 0 radical (unpaired) electrons. The van der Waals surface area contributed by atoms with E-state index in [-0.39, 0.29) is 23.0 Å². The van der Waals surface area contributed by atoms with Gasteiger partial charge in [-0.15, -0.1) is 11.3 Å². The minimum absolute atomic E-state index is 0.0963. The van der Waals surface area contributed by atoms with Gasteiger partial charge in [-0.2, -0.15) is 0 Å². The predicted molar refractivity (Wildman–Crippen MR) is 96.7 cm³/mol. The van der Waals surface area contributed by atoms with Gasteiger partial charge in [0.05, 0.1) is 12.1 Å². The number of anilines is 1. The molecular formula is C18H18FNO4S2. The molecule has 1 saturated carbocycles.